The van der Waals surface area contributed by atoms with Crippen LogP contribution in [0.2, 0.25) is 0 Å². The maximum Gasteiger partial charge on any atom is 0.250 e. The van der Waals surface area contributed by atoms with E-state index in [1.165, 1.54) is 4.90 Å². The number of rotatable bonds is 2. The molecule has 3 fully saturated rings. The topological polar surface area (TPSA) is 69.7 Å². The first-order chi connectivity index (χ1) is 14.5. The second kappa shape index (κ2) is 6.01. The Hall–Kier alpha value is -2.99. The molecule has 3 saturated heterocycles. The number of carbonyl (C=O) groups excluding carboxylic acids is 3. The van der Waals surface area contributed by atoms with Gasteiger partial charge in [0.1, 0.15) is 5.54 Å². The molecule has 0 aromatic heterocycles. The molecule has 152 valence electrons. The maximum absolute atomic E-state index is 13.7. The summed E-state index contributed by atoms with van der Waals surface area (Å²) in [6.45, 7) is 2.99. The van der Waals surface area contributed by atoms with Gasteiger partial charge in [0, 0.05) is 17.3 Å². The Bertz CT molecular complexity index is 1100. The van der Waals surface area contributed by atoms with Crippen molar-refractivity contribution in [2.24, 2.45) is 11.8 Å². The lowest BCUT2D eigenvalue weighted by Gasteiger charge is -2.36. The zero-order valence-electron chi connectivity index (χ0n) is 16.8. The normalized spacial score (nSPS) is 32.0. The molecule has 4 atom stereocenters. The maximum atomic E-state index is 13.7. The monoisotopic (exact) mass is 401 g/mol. The van der Waals surface area contributed by atoms with Gasteiger partial charge in [-0.2, -0.15) is 0 Å². The Morgan fingerprint density at radius 2 is 1.87 bits per heavy atom. The summed E-state index contributed by atoms with van der Waals surface area (Å²) < 4.78 is 0. The first-order valence-corrected chi connectivity index (χ1v) is 10.6. The van der Waals surface area contributed by atoms with Gasteiger partial charge in [-0.3, -0.25) is 24.2 Å². The quantitative estimate of drug-likeness (QED) is 0.785. The van der Waals surface area contributed by atoms with Crippen LogP contribution in [0.25, 0.3) is 0 Å². The van der Waals surface area contributed by atoms with Crippen molar-refractivity contribution in [3.05, 3.63) is 65.2 Å². The fourth-order valence-corrected chi connectivity index (χ4v) is 6.30. The molecule has 0 aliphatic carbocycles. The first-order valence-electron chi connectivity index (χ1n) is 10.6. The number of fused-ring (bicyclic) bond motifs is 7. The molecule has 0 unspecified atom stereocenters. The number of nitrogens with zero attached hydrogens (tertiary/aromatic N) is 2. The molecule has 6 heteroatoms. The molecule has 1 N–H and O–H groups in total. The second-order valence-corrected chi connectivity index (χ2v) is 8.92. The molecule has 0 bridgehead atoms. The number of hydrogen-bond acceptors (Lipinski definition) is 4. The Balaban J connectivity index is 1.50. The van der Waals surface area contributed by atoms with E-state index in [1.807, 2.05) is 55.5 Å². The summed E-state index contributed by atoms with van der Waals surface area (Å²) in [5.74, 6) is -1.63. The average Bonchev–Trinajstić information content (AvgIpc) is 3.44. The molecule has 2 aromatic rings. The summed E-state index contributed by atoms with van der Waals surface area (Å²) in [6.07, 6.45) is 1.78. The van der Waals surface area contributed by atoms with Gasteiger partial charge in [0.25, 0.3) is 0 Å². The number of amides is 3. The van der Waals surface area contributed by atoms with Gasteiger partial charge in [-0.1, -0.05) is 48.0 Å². The van der Waals surface area contributed by atoms with Gasteiger partial charge in [-0.15, -0.1) is 0 Å². The van der Waals surface area contributed by atoms with Crippen LogP contribution >= 0.6 is 0 Å². The number of likely N-dealkylation sites (tertiary alicyclic amines) is 1. The van der Waals surface area contributed by atoms with E-state index in [1.54, 1.807) is 0 Å². The smallest absolute Gasteiger partial charge is 0.250 e. The number of benzene rings is 2. The summed E-state index contributed by atoms with van der Waals surface area (Å²) in [5.41, 5.74) is 2.50. The van der Waals surface area contributed by atoms with Crippen LogP contribution in [0.5, 0.6) is 0 Å². The fraction of sp³-hybridized carbons (Fsp3) is 0.375. The molecule has 4 heterocycles. The van der Waals surface area contributed by atoms with Crippen molar-refractivity contribution in [1.29, 1.82) is 0 Å². The highest BCUT2D eigenvalue weighted by atomic mass is 16.2. The lowest BCUT2D eigenvalue weighted by atomic mass is 9.75. The Morgan fingerprint density at radius 3 is 2.67 bits per heavy atom. The Kier molecular flexibility index (Phi) is 3.58. The SMILES string of the molecule is Cc1ccc2c(c1)[C@@]1(C(=O)N2)[C@H]2C(=O)N(Cc3ccccc3)C(=O)[C@@H]2[C@H]2CCCN21. The standard InChI is InChI=1S/C24H23N3O3/c1-14-9-10-17-16(12-14)24(23(30)25-17)20-19(18-8-5-11-27(18)24)21(28)26(22(20)29)13-15-6-3-2-4-7-15/h2-4,6-7,9-10,12,18-20H,5,8,11,13H2,1H3,(H,25,30)/t18-,19-,20-,24+/m1/s1. The number of hydrogen-bond donors (Lipinski definition) is 1. The van der Waals surface area contributed by atoms with Gasteiger partial charge in [0.05, 0.1) is 18.4 Å². The van der Waals surface area contributed by atoms with Crippen molar-refractivity contribution >= 4 is 23.4 Å². The van der Waals surface area contributed by atoms with Crippen LogP contribution in [0.1, 0.15) is 29.5 Å². The van der Waals surface area contributed by atoms with Gasteiger partial charge in [0.15, 0.2) is 0 Å². The van der Waals surface area contributed by atoms with Crippen molar-refractivity contribution in [2.75, 3.05) is 11.9 Å². The summed E-state index contributed by atoms with van der Waals surface area (Å²) in [4.78, 5) is 44.3. The minimum absolute atomic E-state index is 0.0653. The number of aryl methyl sites for hydroxylation is 1. The minimum atomic E-state index is -1.08. The number of nitrogens with one attached hydrogen (secondary N) is 1. The molecule has 4 aliphatic rings. The van der Waals surface area contributed by atoms with Crippen molar-refractivity contribution in [3.63, 3.8) is 0 Å². The predicted octanol–water partition coefficient (Wildman–Crippen LogP) is 2.42. The van der Waals surface area contributed by atoms with E-state index in [2.05, 4.69) is 10.2 Å². The fourth-order valence-electron chi connectivity index (χ4n) is 6.30. The zero-order valence-corrected chi connectivity index (χ0v) is 16.8. The summed E-state index contributed by atoms with van der Waals surface area (Å²) >= 11 is 0. The number of carbonyl (C=O) groups is 3. The lowest BCUT2D eigenvalue weighted by Crippen LogP contribution is -2.54. The van der Waals surface area contributed by atoms with Crippen LogP contribution < -0.4 is 5.32 Å². The number of imide groups is 1. The van der Waals surface area contributed by atoms with Gasteiger partial charge < -0.3 is 5.32 Å². The summed E-state index contributed by atoms with van der Waals surface area (Å²) in [7, 11) is 0. The Labute approximate surface area is 174 Å². The van der Waals surface area contributed by atoms with Crippen molar-refractivity contribution < 1.29 is 14.4 Å². The van der Waals surface area contributed by atoms with Gasteiger partial charge in [-0.05, 0) is 37.9 Å². The summed E-state index contributed by atoms with van der Waals surface area (Å²) in [5, 5.41) is 3.02. The third-order valence-corrected chi connectivity index (χ3v) is 7.42. The third kappa shape index (κ3) is 2.04. The molecular formula is C24H23N3O3. The van der Waals surface area contributed by atoms with E-state index in [-0.39, 0.29) is 30.3 Å². The van der Waals surface area contributed by atoms with E-state index in [9.17, 15) is 14.4 Å². The highest BCUT2D eigenvalue weighted by molar-refractivity contribution is 6.15. The third-order valence-electron chi connectivity index (χ3n) is 7.42. The highest BCUT2D eigenvalue weighted by Gasteiger charge is 2.74. The Morgan fingerprint density at radius 1 is 1.07 bits per heavy atom. The zero-order chi connectivity index (χ0) is 20.6. The molecule has 0 radical (unpaired) electrons. The molecule has 6 rings (SSSR count). The van der Waals surface area contributed by atoms with E-state index in [0.717, 1.165) is 41.8 Å². The van der Waals surface area contributed by atoms with Crippen LogP contribution in [0.4, 0.5) is 5.69 Å². The summed E-state index contributed by atoms with van der Waals surface area (Å²) in [6, 6.07) is 15.4. The highest BCUT2D eigenvalue weighted by Crippen LogP contribution is 2.60. The van der Waals surface area contributed by atoms with Gasteiger partial charge in [0.2, 0.25) is 17.7 Å². The van der Waals surface area contributed by atoms with E-state index >= 15 is 0 Å². The van der Waals surface area contributed by atoms with E-state index < -0.39 is 17.4 Å². The largest absolute Gasteiger partial charge is 0.324 e. The van der Waals surface area contributed by atoms with Crippen LogP contribution in [0.3, 0.4) is 0 Å². The van der Waals surface area contributed by atoms with Crippen molar-refractivity contribution in [1.82, 2.24) is 9.80 Å². The minimum Gasteiger partial charge on any atom is -0.324 e. The molecule has 3 amide bonds. The van der Waals surface area contributed by atoms with Crippen LogP contribution in [-0.2, 0) is 26.5 Å². The van der Waals surface area contributed by atoms with Crippen LogP contribution in [-0.4, -0.2) is 40.1 Å². The number of anilines is 1. The van der Waals surface area contributed by atoms with Crippen LogP contribution in [0.15, 0.2) is 48.5 Å². The first kappa shape index (κ1) is 17.8. The second-order valence-electron chi connectivity index (χ2n) is 8.92. The molecule has 4 aliphatic heterocycles. The van der Waals surface area contributed by atoms with Gasteiger partial charge in [-0.25, -0.2) is 0 Å². The predicted molar refractivity (Wildman–Crippen MR) is 110 cm³/mol. The molecular weight excluding hydrogens is 378 g/mol. The molecule has 6 nitrogen and oxygen atoms in total. The van der Waals surface area contributed by atoms with E-state index in [4.69, 9.17) is 0 Å². The van der Waals surface area contributed by atoms with Gasteiger partial charge >= 0.3 is 0 Å². The molecule has 30 heavy (non-hydrogen) atoms. The van der Waals surface area contributed by atoms with Crippen molar-refractivity contribution in [3.8, 4) is 0 Å². The van der Waals surface area contributed by atoms with Crippen molar-refractivity contribution in [2.45, 2.75) is 37.9 Å². The molecule has 1 spiro atoms. The van der Waals surface area contributed by atoms with E-state index in [0.29, 0.717) is 0 Å². The lowest BCUT2D eigenvalue weighted by molar-refractivity contribution is -0.146. The molecule has 0 saturated carbocycles. The van der Waals surface area contributed by atoms with Crippen LogP contribution in [0, 0.1) is 18.8 Å². The molecule has 2 aromatic carbocycles. The average molecular weight is 401 g/mol.